The Kier molecular flexibility index (Phi) is 2.40. The number of carbonyl (C=O) groups is 1. The summed E-state index contributed by atoms with van der Waals surface area (Å²) in [4.78, 5) is 14.7. The molecular formula is C3H8N2O3. The van der Waals surface area contributed by atoms with Gasteiger partial charge in [0.25, 0.3) is 5.91 Å². The van der Waals surface area contributed by atoms with Crippen molar-refractivity contribution in [2.24, 2.45) is 5.73 Å². The van der Waals surface area contributed by atoms with Crippen LogP contribution in [0.2, 0.25) is 0 Å². The van der Waals surface area contributed by atoms with Crippen LogP contribution in [0.15, 0.2) is 0 Å². The molecule has 0 radical (unpaired) electrons. The first kappa shape index (κ1) is 7.35. The molecule has 0 bridgehead atoms. The predicted octanol–water partition coefficient (Wildman–Crippen LogP) is -2.45. The third-order valence-corrected chi connectivity index (χ3v) is 0.772. The van der Waals surface area contributed by atoms with E-state index in [9.17, 15) is 4.79 Å². The van der Waals surface area contributed by atoms with Crippen molar-refractivity contribution in [1.82, 2.24) is 5.48 Å². The second-order valence-corrected chi connectivity index (χ2v) is 1.38. The molecule has 1 aliphatic heterocycles. The molecule has 5 nitrogen and oxygen atoms in total. The normalized spacial score (nSPS) is 26.6. The van der Waals surface area contributed by atoms with Crippen molar-refractivity contribution in [1.29, 1.82) is 0 Å². The minimum atomic E-state index is -0.458. The molecule has 1 atom stereocenters. The molecule has 0 spiro atoms. The van der Waals surface area contributed by atoms with E-state index in [1.54, 1.807) is 0 Å². The predicted molar refractivity (Wildman–Crippen MR) is 25.7 cm³/mol. The molecule has 5 heteroatoms. The van der Waals surface area contributed by atoms with Crippen LogP contribution in [0.1, 0.15) is 0 Å². The molecule has 1 fully saturated rings. The Labute approximate surface area is 46.1 Å². The minimum Gasteiger partial charge on any atom is -0.412 e. The van der Waals surface area contributed by atoms with E-state index in [1.165, 1.54) is 0 Å². The van der Waals surface area contributed by atoms with Crippen molar-refractivity contribution in [2.45, 2.75) is 6.04 Å². The lowest BCUT2D eigenvalue weighted by Crippen LogP contribution is -2.31. The van der Waals surface area contributed by atoms with Crippen LogP contribution in [0.3, 0.4) is 0 Å². The van der Waals surface area contributed by atoms with E-state index in [-0.39, 0.29) is 11.4 Å². The molecule has 1 heterocycles. The average Bonchev–Trinajstić information content (AvgIpc) is 1.91. The summed E-state index contributed by atoms with van der Waals surface area (Å²) in [6, 6.07) is -0.458. The van der Waals surface area contributed by atoms with Gasteiger partial charge in [0.2, 0.25) is 0 Å². The standard InChI is InChI=1S/C3H6N2O2.H2O/c4-2-1-7-5-3(2)6;/h2H,1,4H2,(H,5,6);1H2/t2-;/m0./s1. The highest BCUT2D eigenvalue weighted by atomic mass is 16.7. The number of hydrogen-bond acceptors (Lipinski definition) is 3. The molecule has 0 aromatic rings. The van der Waals surface area contributed by atoms with Gasteiger partial charge < -0.3 is 11.2 Å². The molecule has 48 valence electrons. The Morgan fingerprint density at radius 1 is 1.88 bits per heavy atom. The van der Waals surface area contributed by atoms with Gasteiger partial charge in [-0.25, -0.2) is 5.48 Å². The van der Waals surface area contributed by atoms with Gasteiger partial charge in [-0.1, -0.05) is 0 Å². The largest absolute Gasteiger partial charge is 0.412 e. The number of nitrogens with two attached hydrogens (primary N) is 1. The van der Waals surface area contributed by atoms with Gasteiger partial charge in [-0.15, -0.1) is 0 Å². The van der Waals surface area contributed by atoms with Crippen LogP contribution in [0.4, 0.5) is 0 Å². The van der Waals surface area contributed by atoms with Gasteiger partial charge in [0.05, 0.1) is 6.61 Å². The van der Waals surface area contributed by atoms with Crippen LogP contribution >= 0.6 is 0 Å². The second-order valence-electron chi connectivity index (χ2n) is 1.38. The van der Waals surface area contributed by atoms with Crippen LogP contribution in [-0.2, 0) is 9.63 Å². The van der Waals surface area contributed by atoms with Crippen LogP contribution < -0.4 is 11.2 Å². The topological polar surface area (TPSA) is 95.8 Å². The highest BCUT2D eigenvalue weighted by Gasteiger charge is 2.19. The Morgan fingerprint density at radius 3 is 2.62 bits per heavy atom. The van der Waals surface area contributed by atoms with Crippen molar-refractivity contribution in [3.05, 3.63) is 0 Å². The molecule has 8 heavy (non-hydrogen) atoms. The number of carbonyl (C=O) groups excluding carboxylic acids is 1. The van der Waals surface area contributed by atoms with E-state index < -0.39 is 6.04 Å². The molecular weight excluding hydrogens is 112 g/mol. The number of hydrogen-bond donors (Lipinski definition) is 2. The number of hydroxylamine groups is 1. The van der Waals surface area contributed by atoms with Gasteiger partial charge in [0.15, 0.2) is 0 Å². The van der Waals surface area contributed by atoms with E-state index >= 15 is 0 Å². The summed E-state index contributed by atoms with van der Waals surface area (Å²) < 4.78 is 0. The van der Waals surface area contributed by atoms with Crippen molar-refractivity contribution in [3.63, 3.8) is 0 Å². The summed E-state index contributed by atoms with van der Waals surface area (Å²) in [6.07, 6.45) is 0. The fraction of sp³-hybridized carbons (Fsp3) is 0.667. The van der Waals surface area contributed by atoms with Gasteiger partial charge in [-0.2, -0.15) is 0 Å². The lowest BCUT2D eigenvalue weighted by Gasteiger charge is -1.87. The summed E-state index contributed by atoms with van der Waals surface area (Å²) in [5.41, 5.74) is 7.25. The third-order valence-electron chi connectivity index (χ3n) is 0.772. The van der Waals surface area contributed by atoms with E-state index in [4.69, 9.17) is 5.73 Å². The van der Waals surface area contributed by atoms with E-state index in [2.05, 4.69) is 10.3 Å². The maximum atomic E-state index is 10.2. The third kappa shape index (κ3) is 1.16. The molecule has 1 amide bonds. The van der Waals surface area contributed by atoms with Crippen LogP contribution in [0.25, 0.3) is 0 Å². The molecule has 5 N–H and O–H groups in total. The van der Waals surface area contributed by atoms with Gasteiger partial charge in [-0.05, 0) is 0 Å². The molecule has 1 saturated heterocycles. The maximum absolute atomic E-state index is 10.2. The summed E-state index contributed by atoms with van der Waals surface area (Å²) in [6.45, 7) is 0.291. The Balaban J connectivity index is 0.000000490. The Morgan fingerprint density at radius 2 is 2.50 bits per heavy atom. The van der Waals surface area contributed by atoms with E-state index in [0.29, 0.717) is 6.61 Å². The first-order valence-corrected chi connectivity index (χ1v) is 1.98. The number of nitrogens with one attached hydrogen (secondary N) is 1. The van der Waals surface area contributed by atoms with Gasteiger partial charge in [0, 0.05) is 0 Å². The molecule has 0 saturated carbocycles. The van der Waals surface area contributed by atoms with Crippen LogP contribution in [0, 0.1) is 0 Å². The number of rotatable bonds is 0. The van der Waals surface area contributed by atoms with Crippen molar-refractivity contribution < 1.29 is 15.1 Å². The van der Waals surface area contributed by atoms with Crippen molar-refractivity contribution >= 4 is 5.91 Å². The lowest BCUT2D eigenvalue weighted by atomic mass is 10.3. The zero-order valence-electron chi connectivity index (χ0n) is 4.18. The molecule has 0 unspecified atom stereocenters. The molecule has 1 aliphatic rings. The summed E-state index contributed by atoms with van der Waals surface area (Å²) in [7, 11) is 0. The first-order valence-electron chi connectivity index (χ1n) is 1.98. The summed E-state index contributed by atoms with van der Waals surface area (Å²) in [5.74, 6) is -0.236. The van der Waals surface area contributed by atoms with Gasteiger partial charge in [0.1, 0.15) is 6.04 Å². The summed E-state index contributed by atoms with van der Waals surface area (Å²) in [5, 5.41) is 0. The van der Waals surface area contributed by atoms with E-state index in [0.717, 1.165) is 0 Å². The van der Waals surface area contributed by atoms with Crippen molar-refractivity contribution in [3.8, 4) is 0 Å². The molecule has 0 aromatic carbocycles. The zero-order valence-corrected chi connectivity index (χ0v) is 4.18. The zero-order chi connectivity index (χ0) is 5.28. The maximum Gasteiger partial charge on any atom is 0.262 e. The average molecular weight is 120 g/mol. The van der Waals surface area contributed by atoms with Gasteiger partial charge >= 0.3 is 0 Å². The quantitative estimate of drug-likeness (QED) is 0.371. The molecule has 1 rings (SSSR count). The fourth-order valence-corrected chi connectivity index (χ4v) is 0.354. The van der Waals surface area contributed by atoms with Crippen LogP contribution in [0.5, 0.6) is 0 Å². The summed E-state index contributed by atoms with van der Waals surface area (Å²) >= 11 is 0. The van der Waals surface area contributed by atoms with Crippen LogP contribution in [-0.4, -0.2) is 24.0 Å². The second kappa shape index (κ2) is 2.61. The first-order chi connectivity index (χ1) is 3.30. The molecule has 0 aliphatic carbocycles. The fourth-order valence-electron chi connectivity index (χ4n) is 0.354. The van der Waals surface area contributed by atoms with E-state index in [1.807, 2.05) is 0 Å². The highest BCUT2D eigenvalue weighted by molar-refractivity contribution is 5.81. The number of amides is 1. The Hall–Kier alpha value is -0.650. The van der Waals surface area contributed by atoms with Crippen molar-refractivity contribution in [2.75, 3.05) is 6.61 Å². The lowest BCUT2D eigenvalue weighted by molar-refractivity contribution is -0.124. The highest BCUT2D eigenvalue weighted by Crippen LogP contribution is 1.87. The minimum absolute atomic E-state index is 0. The Bertz CT molecular complexity index is 94.5. The molecule has 0 aromatic heterocycles. The van der Waals surface area contributed by atoms with Gasteiger partial charge in [-0.3, -0.25) is 9.63 Å². The SMILES string of the molecule is N[C@H]1CONC1=O.O. The monoisotopic (exact) mass is 120 g/mol. The smallest absolute Gasteiger partial charge is 0.262 e.